The maximum absolute atomic E-state index is 13.1. The normalized spacial score (nSPS) is 16.6. The van der Waals surface area contributed by atoms with Crippen LogP contribution in [0.3, 0.4) is 0 Å². The Morgan fingerprint density at radius 3 is 2.50 bits per heavy atom. The van der Waals surface area contributed by atoms with Crippen LogP contribution in [0.2, 0.25) is 0 Å². The lowest BCUT2D eigenvalue weighted by Gasteiger charge is -2.26. The van der Waals surface area contributed by atoms with E-state index in [1.54, 1.807) is 21.3 Å². The minimum atomic E-state index is 0.0157. The van der Waals surface area contributed by atoms with Crippen molar-refractivity contribution < 1.29 is 19.0 Å². The minimum absolute atomic E-state index is 0.0157. The lowest BCUT2D eigenvalue weighted by atomic mass is 10.0. The molecule has 2 aromatic rings. The number of methoxy groups -OCH3 is 3. The molecule has 0 aliphatic carbocycles. The Morgan fingerprint density at radius 1 is 1.08 bits per heavy atom. The first-order valence-corrected chi connectivity index (χ1v) is 8.78. The third kappa shape index (κ3) is 3.68. The van der Waals surface area contributed by atoms with Crippen LogP contribution in [-0.4, -0.2) is 38.7 Å². The molecule has 26 heavy (non-hydrogen) atoms. The zero-order valence-corrected chi connectivity index (χ0v) is 15.5. The van der Waals surface area contributed by atoms with Gasteiger partial charge in [-0.05, 0) is 42.7 Å². The molecule has 138 valence electrons. The van der Waals surface area contributed by atoms with Gasteiger partial charge in [0.05, 0.1) is 26.9 Å². The van der Waals surface area contributed by atoms with E-state index in [4.69, 9.17) is 14.2 Å². The number of rotatable bonds is 6. The first-order chi connectivity index (χ1) is 12.7. The molecule has 0 bridgehead atoms. The van der Waals surface area contributed by atoms with E-state index in [1.165, 1.54) is 0 Å². The van der Waals surface area contributed by atoms with Crippen molar-refractivity contribution in [2.75, 3.05) is 27.9 Å². The standard InChI is InChI=1S/C21H25NO4/c1-24-14-15-6-8-16(9-7-15)21(23)22-12-4-5-19(22)18-11-10-17(25-2)13-20(18)26-3/h6-11,13,19H,4-5,12,14H2,1-3H3/t19-/m0/s1. The lowest BCUT2D eigenvalue weighted by molar-refractivity contribution is 0.0734. The SMILES string of the molecule is COCc1ccc(C(=O)N2CCC[C@H]2c2ccc(OC)cc2OC)cc1. The van der Waals surface area contributed by atoms with Gasteiger partial charge in [-0.25, -0.2) is 0 Å². The molecule has 3 rings (SSSR count). The Kier molecular flexibility index (Phi) is 5.78. The average molecular weight is 355 g/mol. The molecule has 1 saturated heterocycles. The van der Waals surface area contributed by atoms with Crippen molar-refractivity contribution in [1.82, 2.24) is 4.90 Å². The smallest absolute Gasteiger partial charge is 0.254 e. The predicted molar refractivity (Wildman–Crippen MR) is 99.7 cm³/mol. The number of hydrogen-bond acceptors (Lipinski definition) is 4. The van der Waals surface area contributed by atoms with Crippen LogP contribution < -0.4 is 9.47 Å². The summed E-state index contributed by atoms with van der Waals surface area (Å²) in [6, 6.07) is 13.4. The summed E-state index contributed by atoms with van der Waals surface area (Å²) in [4.78, 5) is 15.0. The van der Waals surface area contributed by atoms with Crippen LogP contribution in [0.5, 0.6) is 11.5 Å². The van der Waals surface area contributed by atoms with Crippen molar-refractivity contribution >= 4 is 5.91 Å². The van der Waals surface area contributed by atoms with Crippen LogP contribution in [0.1, 0.15) is 40.4 Å². The molecule has 1 aliphatic heterocycles. The number of nitrogens with zero attached hydrogens (tertiary/aromatic N) is 1. The van der Waals surface area contributed by atoms with Gasteiger partial charge < -0.3 is 19.1 Å². The highest BCUT2D eigenvalue weighted by Gasteiger charge is 2.32. The van der Waals surface area contributed by atoms with Gasteiger partial charge in [0, 0.05) is 30.8 Å². The Bertz CT molecular complexity index is 757. The summed E-state index contributed by atoms with van der Waals surface area (Å²) in [6.45, 7) is 1.29. The van der Waals surface area contributed by atoms with E-state index in [1.807, 2.05) is 47.4 Å². The zero-order valence-electron chi connectivity index (χ0n) is 15.5. The average Bonchev–Trinajstić information content (AvgIpc) is 3.17. The zero-order chi connectivity index (χ0) is 18.5. The summed E-state index contributed by atoms with van der Waals surface area (Å²) in [5, 5.41) is 0. The monoisotopic (exact) mass is 355 g/mol. The van der Waals surface area contributed by atoms with Crippen molar-refractivity contribution in [3.63, 3.8) is 0 Å². The number of benzene rings is 2. The molecule has 1 amide bonds. The van der Waals surface area contributed by atoms with Crippen LogP contribution in [0.25, 0.3) is 0 Å². The summed E-state index contributed by atoms with van der Waals surface area (Å²) in [6.07, 6.45) is 1.91. The maximum Gasteiger partial charge on any atom is 0.254 e. The molecule has 0 N–H and O–H groups in total. The largest absolute Gasteiger partial charge is 0.497 e. The summed E-state index contributed by atoms with van der Waals surface area (Å²) >= 11 is 0. The minimum Gasteiger partial charge on any atom is -0.497 e. The second-order valence-corrected chi connectivity index (χ2v) is 6.39. The van der Waals surface area contributed by atoms with Gasteiger partial charge in [0.1, 0.15) is 11.5 Å². The van der Waals surface area contributed by atoms with Gasteiger partial charge in [-0.2, -0.15) is 0 Å². The predicted octanol–water partition coefficient (Wildman–Crippen LogP) is 3.83. The fourth-order valence-corrected chi connectivity index (χ4v) is 3.50. The summed E-state index contributed by atoms with van der Waals surface area (Å²) < 4.78 is 16.0. The third-order valence-electron chi connectivity index (χ3n) is 4.83. The first-order valence-electron chi connectivity index (χ1n) is 8.78. The van der Waals surface area contributed by atoms with E-state index < -0.39 is 0 Å². The van der Waals surface area contributed by atoms with E-state index in [2.05, 4.69) is 0 Å². The number of hydrogen-bond donors (Lipinski definition) is 0. The van der Waals surface area contributed by atoms with Crippen LogP contribution >= 0.6 is 0 Å². The molecule has 1 heterocycles. The number of amides is 1. The summed E-state index contributed by atoms with van der Waals surface area (Å²) in [5.41, 5.74) is 2.78. The molecule has 0 saturated carbocycles. The van der Waals surface area contributed by atoms with Gasteiger partial charge in [-0.1, -0.05) is 12.1 Å². The molecule has 1 aliphatic rings. The summed E-state index contributed by atoms with van der Waals surface area (Å²) in [5.74, 6) is 1.55. The van der Waals surface area contributed by atoms with Crippen LogP contribution in [0, 0.1) is 0 Å². The van der Waals surface area contributed by atoms with Crippen molar-refractivity contribution in [2.45, 2.75) is 25.5 Å². The van der Waals surface area contributed by atoms with Crippen LogP contribution in [0.4, 0.5) is 0 Å². The van der Waals surface area contributed by atoms with E-state index in [-0.39, 0.29) is 11.9 Å². The molecule has 0 radical (unpaired) electrons. The Morgan fingerprint density at radius 2 is 1.85 bits per heavy atom. The van der Waals surface area contributed by atoms with Gasteiger partial charge >= 0.3 is 0 Å². The first kappa shape index (κ1) is 18.3. The van der Waals surface area contributed by atoms with Gasteiger partial charge in [0.2, 0.25) is 0 Å². The highest BCUT2D eigenvalue weighted by atomic mass is 16.5. The van der Waals surface area contributed by atoms with Crippen molar-refractivity contribution in [1.29, 1.82) is 0 Å². The van der Waals surface area contributed by atoms with Gasteiger partial charge in [-0.15, -0.1) is 0 Å². The van der Waals surface area contributed by atoms with Gasteiger partial charge in [0.15, 0.2) is 0 Å². The number of likely N-dealkylation sites (tertiary alicyclic amines) is 1. The second-order valence-electron chi connectivity index (χ2n) is 6.39. The third-order valence-corrected chi connectivity index (χ3v) is 4.83. The number of carbonyl (C=O) groups excluding carboxylic acids is 1. The van der Waals surface area contributed by atoms with E-state index in [9.17, 15) is 4.79 Å². The van der Waals surface area contributed by atoms with Crippen LogP contribution in [0.15, 0.2) is 42.5 Å². The molecule has 2 aromatic carbocycles. The fourth-order valence-electron chi connectivity index (χ4n) is 3.50. The lowest BCUT2D eigenvalue weighted by Crippen LogP contribution is -2.30. The number of carbonyl (C=O) groups is 1. The molecule has 0 spiro atoms. The van der Waals surface area contributed by atoms with Crippen molar-refractivity contribution in [2.24, 2.45) is 0 Å². The molecule has 1 atom stereocenters. The maximum atomic E-state index is 13.1. The molecule has 5 nitrogen and oxygen atoms in total. The quantitative estimate of drug-likeness (QED) is 0.790. The van der Waals surface area contributed by atoms with E-state index in [0.717, 1.165) is 42.0 Å². The van der Waals surface area contributed by atoms with Crippen LogP contribution in [-0.2, 0) is 11.3 Å². The molecule has 0 unspecified atom stereocenters. The van der Waals surface area contributed by atoms with E-state index >= 15 is 0 Å². The molecular formula is C21H25NO4. The second kappa shape index (κ2) is 8.23. The molecular weight excluding hydrogens is 330 g/mol. The molecule has 5 heteroatoms. The molecule has 0 aromatic heterocycles. The van der Waals surface area contributed by atoms with Gasteiger partial charge in [-0.3, -0.25) is 4.79 Å². The Labute approximate surface area is 154 Å². The Balaban J connectivity index is 1.84. The molecule has 1 fully saturated rings. The topological polar surface area (TPSA) is 48.0 Å². The Hall–Kier alpha value is -2.53. The summed E-state index contributed by atoms with van der Waals surface area (Å²) in [7, 11) is 4.94. The van der Waals surface area contributed by atoms with Crippen molar-refractivity contribution in [3.05, 3.63) is 59.2 Å². The van der Waals surface area contributed by atoms with E-state index in [0.29, 0.717) is 12.2 Å². The highest BCUT2D eigenvalue weighted by Crippen LogP contribution is 2.39. The van der Waals surface area contributed by atoms with Gasteiger partial charge in [0.25, 0.3) is 5.91 Å². The highest BCUT2D eigenvalue weighted by molar-refractivity contribution is 5.94. The van der Waals surface area contributed by atoms with Crippen molar-refractivity contribution in [3.8, 4) is 11.5 Å². The fraction of sp³-hybridized carbons (Fsp3) is 0.381. The number of ether oxygens (including phenoxy) is 3.